The quantitative estimate of drug-likeness (QED) is 0.738. The van der Waals surface area contributed by atoms with Gasteiger partial charge in [-0.15, -0.1) is 0 Å². The second-order valence-electron chi connectivity index (χ2n) is 5.89. The predicted octanol–water partition coefficient (Wildman–Crippen LogP) is 2.49. The molecule has 1 N–H and O–H groups in total. The van der Waals surface area contributed by atoms with Crippen molar-refractivity contribution in [3.8, 4) is 5.75 Å². The topological polar surface area (TPSA) is 24.5 Å². The van der Waals surface area contributed by atoms with Crippen molar-refractivity contribution in [2.45, 2.75) is 32.1 Å². The Hall–Kier alpha value is -1.06. The van der Waals surface area contributed by atoms with Gasteiger partial charge in [-0.25, -0.2) is 0 Å². The van der Waals surface area contributed by atoms with E-state index in [9.17, 15) is 0 Å². The predicted molar refractivity (Wildman–Crippen MR) is 84.6 cm³/mol. The summed E-state index contributed by atoms with van der Waals surface area (Å²) >= 11 is 0. The lowest BCUT2D eigenvalue weighted by atomic mass is 9.92. The summed E-state index contributed by atoms with van der Waals surface area (Å²) in [6.07, 6.45) is 6.30. The third-order valence-electron chi connectivity index (χ3n) is 3.83. The first-order valence-corrected chi connectivity index (χ1v) is 7.86. The Kier molecular flexibility index (Phi) is 6.34. The third-order valence-corrected chi connectivity index (χ3v) is 3.83. The van der Waals surface area contributed by atoms with Gasteiger partial charge in [-0.1, -0.05) is 6.07 Å². The highest BCUT2D eigenvalue weighted by atomic mass is 16.5. The Bertz CT molecular complexity index is 404. The number of hydrogen-bond acceptors (Lipinski definition) is 3. The van der Waals surface area contributed by atoms with Gasteiger partial charge < -0.3 is 15.0 Å². The molecule has 0 spiro atoms. The van der Waals surface area contributed by atoms with Crippen molar-refractivity contribution in [3.05, 3.63) is 29.3 Å². The lowest BCUT2D eigenvalue weighted by molar-refractivity contribution is 0.310. The van der Waals surface area contributed by atoms with Gasteiger partial charge in [-0.05, 0) is 82.5 Å². The van der Waals surface area contributed by atoms with Gasteiger partial charge in [0.1, 0.15) is 12.4 Å². The maximum atomic E-state index is 5.83. The van der Waals surface area contributed by atoms with E-state index in [0.717, 1.165) is 32.0 Å². The molecule has 0 saturated heterocycles. The van der Waals surface area contributed by atoms with Crippen LogP contribution in [0.25, 0.3) is 0 Å². The summed E-state index contributed by atoms with van der Waals surface area (Å²) in [6, 6.07) is 6.60. The molecule has 0 radical (unpaired) electrons. The highest BCUT2D eigenvalue weighted by Gasteiger charge is 2.09. The largest absolute Gasteiger partial charge is 0.492 e. The minimum Gasteiger partial charge on any atom is -0.492 e. The Morgan fingerprint density at radius 1 is 1.10 bits per heavy atom. The monoisotopic (exact) mass is 276 g/mol. The molecule has 0 saturated carbocycles. The molecule has 1 aliphatic carbocycles. The number of fused-ring (bicyclic) bond motifs is 1. The smallest absolute Gasteiger partial charge is 0.119 e. The van der Waals surface area contributed by atoms with Crippen LogP contribution >= 0.6 is 0 Å². The molecule has 1 aromatic carbocycles. The van der Waals surface area contributed by atoms with Crippen LogP contribution < -0.4 is 10.1 Å². The zero-order chi connectivity index (χ0) is 14.2. The second-order valence-corrected chi connectivity index (χ2v) is 5.89. The summed E-state index contributed by atoms with van der Waals surface area (Å²) < 4.78 is 5.83. The van der Waals surface area contributed by atoms with Gasteiger partial charge in [0.25, 0.3) is 0 Å². The minimum absolute atomic E-state index is 0.751. The summed E-state index contributed by atoms with van der Waals surface area (Å²) in [5.74, 6) is 1.03. The molecule has 1 aliphatic rings. The molecule has 0 unspecified atom stereocenters. The molecule has 0 atom stereocenters. The molecule has 0 aromatic heterocycles. The zero-order valence-electron chi connectivity index (χ0n) is 13.0. The molecular weight excluding hydrogens is 248 g/mol. The van der Waals surface area contributed by atoms with Crippen LogP contribution in [0.4, 0.5) is 0 Å². The van der Waals surface area contributed by atoms with Crippen LogP contribution in [0.2, 0.25) is 0 Å². The van der Waals surface area contributed by atoms with E-state index in [1.807, 2.05) is 0 Å². The van der Waals surface area contributed by atoms with E-state index in [4.69, 9.17) is 4.74 Å². The minimum atomic E-state index is 0.751. The van der Waals surface area contributed by atoms with E-state index < -0.39 is 0 Å². The molecule has 0 fully saturated rings. The number of nitrogens with zero attached hydrogens (tertiary/aromatic N) is 1. The first-order chi connectivity index (χ1) is 9.75. The molecule has 0 heterocycles. The third kappa shape index (κ3) is 5.14. The number of hydrogen-bond donors (Lipinski definition) is 1. The highest BCUT2D eigenvalue weighted by molar-refractivity contribution is 5.37. The Labute approximate surface area is 123 Å². The summed E-state index contributed by atoms with van der Waals surface area (Å²) in [7, 11) is 4.22. The average Bonchev–Trinajstić information content (AvgIpc) is 2.46. The van der Waals surface area contributed by atoms with Gasteiger partial charge >= 0.3 is 0 Å². The molecule has 112 valence electrons. The van der Waals surface area contributed by atoms with Crippen LogP contribution in [0.1, 0.15) is 30.4 Å². The lowest BCUT2D eigenvalue weighted by Gasteiger charge is -2.17. The van der Waals surface area contributed by atoms with Gasteiger partial charge in [0.2, 0.25) is 0 Å². The Balaban J connectivity index is 1.62. The van der Waals surface area contributed by atoms with E-state index in [2.05, 4.69) is 42.5 Å². The van der Waals surface area contributed by atoms with E-state index >= 15 is 0 Å². The first kappa shape index (κ1) is 15.3. The van der Waals surface area contributed by atoms with Crippen molar-refractivity contribution >= 4 is 0 Å². The van der Waals surface area contributed by atoms with Crippen LogP contribution in [0.5, 0.6) is 5.75 Å². The van der Waals surface area contributed by atoms with Crippen molar-refractivity contribution < 1.29 is 4.74 Å². The molecule has 3 heteroatoms. The van der Waals surface area contributed by atoms with Crippen molar-refractivity contribution in [3.63, 3.8) is 0 Å². The van der Waals surface area contributed by atoms with Crippen molar-refractivity contribution in [1.29, 1.82) is 0 Å². The number of aryl methyl sites for hydroxylation is 2. The summed E-state index contributed by atoms with van der Waals surface area (Å²) in [4.78, 5) is 2.21. The maximum absolute atomic E-state index is 5.83. The maximum Gasteiger partial charge on any atom is 0.119 e. The fourth-order valence-electron chi connectivity index (χ4n) is 2.69. The fraction of sp³-hybridized carbons (Fsp3) is 0.647. The second kappa shape index (κ2) is 8.28. The molecule has 3 nitrogen and oxygen atoms in total. The van der Waals surface area contributed by atoms with Crippen LogP contribution in [0.15, 0.2) is 18.2 Å². The molecule has 0 bridgehead atoms. The zero-order valence-corrected chi connectivity index (χ0v) is 13.0. The SMILES string of the molecule is CN(C)CCCNCCOc1ccc2c(c1)CCCC2. The number of benzene rings is 1. The number of nitrogens with one attached hydrogen (secondary N) is 1. The van der Waals surface area contributed by atoms with E-state index in [1.165, 1.54) is 43.2 Å². The highest BCUT2D eigenvalue weighted by Crippen LogP contribution is 2.25. The van der Waals surface area contributed by atoms with Gasteiger partial charge in [-0.3, -0.25) is 0 Å². The van der Waals surface area contributed by atoms with Crippen LogP contribution in [0, 0.1) is 0 Å². The molecule has 0 aliphatic heterocycles. The Morgan fingerprint density at radius 3 is 2.70 bits per heavy atom. The van der Waals surface area contributed by atoms with E-state index in [-0.39, 0.29) is 0 Å². The molecule has 1 aromatic rings. The van der Waals surface area contributed by atoms with Crippen LogP contribution in [-0.2, 0) is 12.8 Å². The van der Waals surface area contributed by atoms with E-state index in [0.29, 0.717) is 0 Å². The summed E-state index contributed by atoms with van der Waals surface area (Å²) in [6.45, 7) is 3.87. The summed E-state index contributed by atoms with van der Waals surface area (Å²) in [5.41, 5.74) is 3.01. The van der Waals surface area contributed by atoms with Crippen molar-refractivity contribution in [2.24, 2.45) is 0 Å². The van der Waals surface area contributed by atoms with Gasteiger partial charge in [0, 0.05) is 6.54 Å². The number of ether oxygens (including phenoxy) is 1. The van der Waals surface area contributed by atoms with Crippen LogP contribution in [0.3, 0.4) is 0 Å². The Morgan fingerprint density at radius 2 is 1.90 bits per heavy atom. The van der Waals surface area contributed by atoms with Gasteiger partial charge in [0.15, 0.2) is 0 Å². The molecule has 2 rings (SSSR count). The van der Waals surface area contributed by atoms with Crippen LogP contribution in [-0.4, -0.2) is 45.2 Å². The molecule has 0 amide bonds. The van der Waals surface area contributed by atoms with Gasteiger partial charge in [0.05, 0.1) is 0 Å². The normalized spacial score (nSPS) is 14.3. The standard InChI is InChI=1S/C17H28N2O/c1-19(2)12-5-10-18-11-13-20-17-9-8-15-6-3-4-7-16(15)14-17/h8-9,14,18H,3-7,10-13H2,1-2H3. The summed E-state index contributed by atoms with van der Waals surface area (Å²) in [5, 5.41) is 3.42. The fourth-order valence-corrected chi connectivity index (χ4v) is 2.69. The van der Waals surface area contributed by atoms with Crippen molar-refractivity contribution in [2.75, 3.05) is 40.3 Å². The first-order valence-electron chi connectivity index (χ1n) is 7.86. The van der Waals surface area contributed by atoms with Gasteiger partial charge in [-0.2, -0.15) is 0 Å². The molecule has 20 heavy (non-hydrogen) atoms. The van der Waals surface area contributed by atoms with Crippen molar-refractivity contribution in [1.82, 2.24) is 10.2 Å². The van der Waals surface area contributed by atoms with E-state index in [1.54, 1.807) is 0 Å². The lowest BCUT2D eigenvalue weighted by Crippen LogP contribution is -2.25. The average molecular weight is 276 g/mol. The number of rotatable bonds is 8. The molecular formula is C17H28N2O.